The van der Waals surface area contributed by atoms with Gasteiger partial charge in [-0.15, -0.1) is 0 Å². The van der Waals surface area contributed by atoms with Crippen molar-refractivity contribution in [2.24, 2.45) is 11.8 Å². The number of methoxy groups -OCH3 is 2. The van der Waals surface area contributed by atoms with Gasteiger partial charge in [-0.3, -0.25) is 4.90 Å². The third-order valence-corrected chi connectivity index (χ3v) is 9.26. The predicted octanol–water partition coefficient (Wildman–Crippen LogP) is 2.97. The molecule has 0 radical (unpaired) electrons. The van der Waals surface area contributed by atoms with Crippen LogP contribution in [0.15, 0.2) is 23.8 Å². The maximum absolute atomic E-state index is 6.51. The molecule has 5 heteroatoms. The molecule has 5 heterocycles. The van der Waals surface area contributed by atoms with Crippen molar-refractivity contribution in [3.63, 3.8) is 0 Å². The molecular weight excluding hydrogens is 364 g/mol. The summed E-state index contributed by atoms with van der Waals surface area (Å²) in [6, 6.07) is 6.22. The van der Waals surface area contributed by atoms with Crippen LogP contribution in [0, 0.1) is 11.8 Å². The van der Waals surface area contributed by atoms with Crippen LogP contribution in [0.2, 0.25) is 0 Å². The molecule has 6 aliphatic rings. The van der Waals surface area contributed by atoms with Crippen molar-refractivity contribution < 1.29 is 14.2 Å². The van der Waals surface area contributed by atoms with Gasteiger partial charge in [-0.25, -0.2) is 0 Å². The molecule has 1 saturated carbocycles. The van der Waals surface area contributed by atoms with Crippen molar-refractivity contribution in [1.29, 1.82) is 0 Å². The summed E-state index contributed by atoms with van der Waals surface area (Å²) in [6.45, 7) is 5.55. The van der Waals surface area contributed by atoms with Crippen LogP contribution in [-0.4, -0.2) is 63.0 Å². The van der Waals surface area contributed by atoms with E-state index >= 15 is 0 Å². The molecule has 2 bridgehead atoms. The van der Waals surface area contributed by atoms with Gasteiger partial charge in [0, 0.05) is 47.8 Å². The minimum atomic E-state index is 0.197. The van der Waals surface area contributed by atoms with Crippen LogP contribution in [0.5, 0.6) is 11.5 Å². The molecule has 1 spiro atoms. The first kappa shape index (κ1) is 17.0. The molecule has 1 aromatic carbocycles. The number of ether oxygens (including phenoxy) is 3. The van der Waals surface area contributed by atoms with Crippen molar-refractivity contribution in [3.05, 3.63) is 29.3 Å². The Morgan fingerprint density at radius 1 is 1.14 bits per heavy atom. The molecule has 0 amide bonds. The summed E-state index contributed by atoms with van der Waals surface area (Å²) < 4.78 is 18.0. The molecule has 1 aliphatic carbocycles. The summed E-state index contributed by atoms with van der Waals surface area (Å²) in [5.41, 5.74) is 4.75. The zero-order valence-electron chi connectivity index (χ0n) is 17.6. The molecule has 5 aliphatic heterocycles. The van der Waals surface area contributed by atoms with E-state index in [4.69, 9.17) is 14.2 Å². The van der Waals surface area contributed by atoms with E-state index in [1.807, 2.05) is 0 Å². The van der Waals surface area contributed by atoms with E-state index in [1.165, 1.54) is 30.6 Å². The first-order valence-corrected chi connectivity index (χ1v) is 11.3. The van der Waals surface area contributed by atoms with Gasteiger partial charge in [-0.1, -0.05) is 11.6 Å². The van der Waals surface area contributed by atoms with Crippen LogP contribution >= 0.6 is 0 Å². The van der Waals surface area contributed by atoms with Gasteiger partial charge >= 0.3 is 0 Å². The number of piperidine rings is 2. The fourth-order valence-electron chi connectivity index (χ4n) is 8.35. The molecule has 0 N–H and O–H groups in total. The van der Waals surface area contributed by atoms with Gasteiger partial charge in [0.1, 0.15) is 0 Å². The maximum atomic E-state index is 6.51. The van der Waals surface area contributed by atoms with Crippen LogP contribution < -0.4 is 14.4 Å². The number of benzene rings is 1. The SMILES string of the molecule is COc1cc2c(cc1OC)[C@]13CCN4CC5=CCO[C@@H]6C[C@H](C)N2[C@@H]1[C@@H]6[C@H]5C[C@H]43. The molecule has 154 valence electrons. The lowest BCUT2D eigenvalue weighted by Crippen LogP contribution is -2.69. The summed E-state index contributed by atoms with van der Waals surface area (Å²) in [5.74, 6) is 3.01. The summed E-state index contributed by atoms with van der Waals surface area (Å²) in [6.07, 6.45) is 6.47. The summed E-state index contributed by atoms with van der Waals surface area (Å²) in [7, 11) is 3.51. The Morgan fingerprint density at radius 3 is 2.79 bits per heavy atom. The van der Waals surface area contributed by atoms with E-state index in [2.05, 4.69) is 34.9 Å². The Morgan fingerprint density at radius 2 is 1.97 bits per heavy atom. The standard InChI is InChI=1S/C24H30N2O3/c1-13-8-20-22-15-9-21-24(5-6-25(21)12-14(15)4-7-29-20)16-10-18(27-2)19(28-3)11-17(16)26(13)23(22)24/h4,10-11,13,15,20-23H,5-9,12H2,1-3H3/t13-,15-,20+,21-,22+,23+,24-/m0/s1. The molecule has 3 saturated heterocycles. The number of rotatable bonds is 2. The lowest BCUT2D eigenvalue weighted by atomic mass is 9.53. The van der Waals surface area contributed by atoms with Crippen molar-refractivity contribution in [1.82, 2.24) is 4.90 Å². The van der Waals surface area contributed by atoms with Crippen LogP contribution in [-0.2, 0) is 10.2 Å². The maximum Gasteiger partial charge on any atom is 0.162 e. The Balaban J connectivity index is 1.51. The van der Waals surface area contributed by atoms with Crippen molar-refractivity contribution in [2.75, 3.05) is 38.8 Å². The Hall–Kier alpha value is -1.72. The fourth-order valence-corrected chi connectivity index (χ4v) is 8.35. The normalized spacial score (nSPS) is 43.6. The minimum absolute atomic E-state index is 0.197. The monoisotopic (exact) mass is 394 g/mol. The van der Waals surface area contributed by atoms with E-state index in [0.29, 0.717) is 36.1 Å². The third-order valence-electron chi connectivity index (χ3n) is 9.26. The van der Waals surface area contributed by atoms with Crippen molar-refractivity contribution >= 4 is 5.69 Å². The van der Waals surface area contributed by atoms with Crippen LogP contribution in [0.3, 0.4) is 0 Å². The molecule has 0 unspecified atom stereocenters. The number of fused-ring (bicyclic) bond motifs is 2. The number of hydrogen-bond acceptors (Lipinski definition) is 5. The van der Waals surface area contributed by atoms with E-state index in [9.17, 15) is 0 Å². The Bertz CT molecular complexity index is 929. The molecule has 4 fully saturated rings. The summed E-state index contributed by atoms with van der Waals surface area (Å²) >= 11 is 0. The first-order chi connectivity index (χ1) is 14.2. The zero-order chi connectivity index (χ0) is 19.5. The number of nitrogens with zero attached hydrogens (tertiary/aromatic N) is 2. The van der Waals surface area contributed by atoms with Gasteiger partial charge in [-0.05, 0) is 50.3 Å². The number of anilines is 1. The summed E-state index contributed by atoms with van der Waals surface area (Å²) in [5, 5.41) is 0. The quantitative estimate of drug-likeness (QED) is 0.721. The Labute approximate surface area is 172 Å². The molecule has 5 nitrogen and oxygen atoms in total. The van der Waals surface area contributed by atoms with Gasteiger partial charge < -0.3 is 19.1 Å². The number of hydrogen-bond donors (Lipinski definition) is 0. The van der Waals surface area contributed by atoms with Crippen molar-refractivity contribution in [3.8, 4) is 11.5 Å². The minimum Gasteiger partial charge on any atom is -0.493 e. The molecule has 7 rings (SSSR count). The molecule has 29 heavy (non-hydrogen) atoms. The van der Waals surface area contributed by atoms with Gasteiger partial charge in [-0.2, -0.15) is 0 Å². The predicted molar refractivity (Wildman–Crippen MR) is 111 cm³/mol. The van der Waals surface area contributed by atoms with E-state index < -0.39 is 0 Å². The smallest absolute Gasteiger partial charge is 0.162 e. The second-order valence-electron chi connectivity index (χ2n) is 10.0. The topological polar surface area (TPSA) is 34.2 Å². The average Bonchev–Trinajstić information content (AvgIpc) is 3.20. The highest BCUT2D eigenvalue weighted by Gasteiger charge is 2.70. The highest BCUT2D eigenvalue weighted by Crippen LogP contribution is 2.67. The lowest BCUT2D eigenvalue weighted by Gasteiger charge is -2.60. The van der Waals surface area contributed by atoms with Gasteiger partial charge in [0.05, 0.1) is 26.9 Å². The highest BCUT2D eigenvalue weighted by atomic mass is 16.5. The lowest BCUT2D eigenvalue weighted by molar-refractivity contribution is -0.0641. The largest absolute Gasteiger partial charge is 0.493 e. The zero-order valence-corrected chi connectivity index (χ0v) is 17.6. The van der Waals surface area contributed by atoms with E-state index in [1.54, 1.807) is 19.8 Å². The molecule has 0 aromatic heterocycles. The second kappa shape index (κ2) is 5.50. The van der Waals surface area contributed by atoms with E-state index in [-0.39, 0.29) is 5.41 Å². The first-order valence-electron chi connectivity index (χ1n) is 11.3. The van der Waals surface area contributed by atoms with E-state index in [0.717, 1.165) is 31.1 Å². The highest BCUT2D eigenvalue weighted by molar-refractivity contribution is 5.73. The van der Waals surface area contributed by atoms with Gasteiger partial charge in [0.2, 0.25) is 0 Å². The molecular formula is C24H30N2O3. The molecule has 7 atom stereocenters. The Kier molecular flexibility index (Phi) is 3.22. The van der Waals surface area contributed by atoms with Crippen LogP contribution in [0.25, 0.3) is 0 Å². The third kappa shape index (κ3) is 1.82. The average molecular weight is 395 g/mol. The van der Waals surface area contributed by atoms with Crippen molar-refractivity contribution in [2.45, 2.75) is 55.8 Å². The fraction of sp³-hybridized carbons (Fsp3) is 0.667. The summed E-state index contributed by atoms with van der Waals surface area (Å²) in [4.78, 5) is 5.56. The van der Waals surface area contributed by atoms with Gasteiger partial charge in [0.25, 0.3) is 0 Å². The van der Waals surface area contributed by atoms with Gasteiger partial charge in [0.15, 0.2) is 11.5 Å². The second-order valence-corrected chi connectivity index (χ2v) is 10.0. The van der Waals surface area contributed by atoms with Crippen LogP contribution in [0.4, 0.5) is 5.69 Å². The molecule has 1 aromatic rings. The van der Waals surface area contributed by atoms with Crippen LogP contribution in [0.1, 0.15) is 31.7 Å².